The van der Waals surface area contributed by atoms with Gasteiger partial charge in [0.25, 0.3) is 11.9 Å². The number of fused-ring (bicyclic) bond motifs is 2. The summed E-state index contributed by atoms with van der Waals surface area (Å²) in [6.07, 6.45) is 4.75. The van der Waals surface area contributed by atoms with Crippen LogP contribution in [0.15, 0.2) is 41.0 Å². The fourth-order valence-electron chi connectivity index (χ4n) is 3.66. The molecule has 2 saturated heterocycles. The van der Waals surface area contributed by atoms with Crippen LogP contribution in [-0.2, 0) is 4.79 Å². The van der Waals surface area contributed by atoms with Crippen molar-refractivity contribution in [2.45, 2.75) is 44.3 Å². The van der Waals surface area contributed by atoms with Gasteiger partial charge in [-0.25, -0.2) is 0 Å². The largest absolute Gasteiger partial charge is 0.432 e. The Morgan fingerprint density at radius 1 is 1.23 bits per heavy atom. The Bertz CT molecular complexity index is 814. The number of rotatable bonds is 5. The van der Waals surface area contributed by atoms with E-state index in [4.69, 9.17) is 9.15 Å². The lowest BCUT2D eigenvalue weighted by Gasteiger charge is -2.21. The third-order valence-electron chi connectivity index (χ3n) is 4.85. The fourth-order valence-corrected chi connectivity index (χ4v) is 3.66. The van der Waals surface area contributed by atoms with Gasteiger partial charge in [0.2, 0.25) is 5.91 Å². The Morgan fingerprint density at radius 2 is 2.04 bits per heavy atom. The van der Waals surface area contributed by atoms with Crippen LogP contribution in [0.2, 0.25) is 0 Å². The van der Waals surface area contributed by atoms with Crippen LogP contribution in [0.3, 0.4) is 0 Å². The first-order valence-electron chi connectivity index (χ1n) is 8.78. The quantitative estimate of drug-likeness (QED) is 0.767. The number of anilines is 1. The van der Waals surface area contributed by atoms with Crippen LogP contribution in [0.4, 0.5) is 5.69 Å². The van der Waals surface area contributed by atoms with Crippen molar-refractivity contribution in [2.75, 3.05) is 5.32 Å². The summed E-state index contributed by atoms with van der Waals surface area (Å²) in [5.41, 5.74) is 1.13. The van der Waals surface area contributed by atoms with Gasteiger partial charge in [0.1, 0.15) is 12.0 Å². The summed E-state index contributed by atoms with van der Waals surface area (Å²) in [6.45, 7) is 1.42. The lowest BCUT2D eigenvalue weighted by atomic mass is 9.95. The molecule has 2 bridgehead atoms. The molecule has 3 N–H and O–H groups in total. The molecular weight excluding hydrogens is 334 g/mol. The number of hydrogen-bond donors (Lipinski definition) is 3. The van der Waals surface area contributed by atoms with Gasteiger partial charge in [-0.2, -0.15) is 0 Å². The highest BCUT2D eigenvalue weighted by Gasteiger charge is 2.39. The van der Waals surface area contributed by atoms with Crippen LogP contribution in [-0.4, -0.2) is 29.9 Å². The Balaban J connectivity index is 1.35. The van der Waals surface area contributed by atoms with E-state index >= 15 is 0 Å². The van der Waals surface area contributed by atoms with E-state index in [2.05, 4.69) is 16.0 Å². The van der Waals surface area contributed by atoms with Crippen molar-refractivity contribution in [1.82, 2.24) is 10.6 Å². The molecule has 4 rings (SSSR count). The smallest absolute Gasteiger partial charge is 0.291 e. The van der Waals surface area contributed by atoms with Gasteiger partial charge in [0.15, 0.2) is 0 Å². The lowest BCUT2D eigenvalue weighted by Crippen LogP contribution is -2.42. The highest BCUT2D eigenvalue weighted by Crippen LogP contribution is 2.29. The standard InChI is InChI=1S/C19H21N3O4/c1-11(23)20-14-9-18(25-10-14)26-15-5-2-12(3-6-15)19(24)22-17-8-13-4-7-16(17)21-13/h2-3,5-6,9-10,13,16-17,21H,4,7-8H2,1H3,(H,20,23)(H,22,24)/t13-,16+,17-/m1/s1. The summed E-state index contributed by atoms with van der Waals surface area (Å²) in [4.78, 5) is 23.4. The molecule has 0 saturated carbocycles. The molecule has 1 aromatic heterocycles. The molecule has 0 spiro atoms. The summed E-state index contributed by atoms with van der Waals surface area (Å²) in [5.74, 6) is 0.561. The maximum atomic E-state index is 12.4. The monoisotopic (exact) mass is 355 g/mol. The molecule has 7 nitrogen and oxygen atoms in total. The van der Waals surface area contributed by atoms with Crippen molar-refractivity contribution in [3.05, 3.63) is 42.2 Å². The number of amides is 2. The van der Waals surface area contributed by atoms with Crippen LogP contribution in [0.5, 0.6) is 11.7 Å². The molecule has 0 aliphatic carbocycles. The van der Waals surface area contributed by atoms with Gasteiger partial charge in [-0.3, -0.25) is 9.59 Å². The van der Waals surface area contributed by atoms with Crippen molar-refractivity contribution in [3.63, 3.8) is 0 Å². The third-order valence-corrected chi connectivity index (χ3v) is 4.85. The molecule has 2 fully saturated rings. The molecule has 2 aromatic rings. The first-order valence-corrected chi connectivity index (χ1v) is 8.78. The molecule has 2 aliphatic heterocycles. The van der Waals surface area contributed by atoms with E-state index < -0.39 is 0 Å². The Kier molecular flexibility index (Phi) is 4.38. The normalized spacial score (nSPS) is 23.7. The molecule has 3 heterocycles. The van der Waals surface area contributed by atoms with E-state index in [1.54, 1.807) is 30.3 Å². The van der Waals surface area contributed by atoms with Gasteiger partial charge in [-0.1, -0.05) is 0 Å². The van der Waals surface area contributed by atoms with Crippen LogP contribution in [0.1, 0.15) is 36.5 Å². The summed E-state index contributed by atoms with van der Waals surface area (Å²) in [7, 11) is 0. The highest BCUT2D eigenvalue weighted by atomic mass is 16.6. The van der Waals surface area contributed by atoms with E-state index in [0.717, 1.165) is 12.8 Å². The molecule has 2 amide bonds. The zero-order chi connectivity index (χ0) is 18.1. The number of carbonyl (C=O) groups excluding carboxylic acids is 2. The van der Waals surface area contributed by atoms with Gasteiger partial charge in [0, 0.05) is 36.7 Å². The number of carbonyl (C=O) groups is 2. The average Bonchev–Trinajstić information content (AvgIpc) is 3.32. The maximum Gasteiger partial charge on any atom is 0.291 e. The van der Waals surface area contributed by atoms with Crippen LogP contribution in [0, 0.1) is 0 Å². The predicted octanol–water partition coefficient (Wildman–Crippen LogP) is 2.65. The molecular formula is C19H21N3O4. The second-order valence-electron chi connectivity index (χ2n) is 6.83. The zero-order valence-electron chi connectivity index (χ0n) is 14.5. The van der Waals surface area contributed by atoms with E-state index in [0.29, 0.717) is 29.1 Å². The van der Waals surface area contributed by atoms with Crippen LogP contribution in [0.25, 0.3) is 0 Å². The first kappa shape index (κ1) is 16.7. The SMILES string of the molecule is CC(=O)Nc1coc(Oc2ccc(C(=O)N[C@@H]3C[C@H]4CC[C@@H]3N4)cc2)c1. The number of hydrogen-bond acceptors (Lipinski definition) is 5. The molecule has 1 aromatic carbocycles. The highest BCUT2D eigenvalue weighted by molar-refractivity contribution is 5.94. The van der Waals surface area contributed by atoms with Crippen LogP contribution < -0.4 is 20.7 Å². The average molecular weight is 355 g/mol. The Morgan fingerprint density at radius 3 is 2.69 bits per heavy atom. The van der Waals surface area contributed by atoms with Crippen molar-refractivity contribution in [3.8, 4) is 11.7 Å². The van der Waals surface area contributed by atoms with Crippen molar-refractivity contribution in [2.24, 2.45) is 0 Å². The molecule has 7 heteroatoms. The molecule has 0 unspecified atom stereocenters. The minimum Gasteiger partial charge on any atom is -0.432 e. The predicted molar refractivity (Wildman–Crippen MR) is 95.3 cm³/mol. The van der Waals surface area contributed by atoms with Crippen molar-refractivity contribution >= 4 is 17.5 Å². The van der Waals surface area contributed by atoms with Crippen LogP contribution >= 0.6 is 0 Å². The van der Waals surface area contributed by atoms with Gasteiger partial charge in [-0.15, -0.1) is 0 Å². The lowest BCUT2D eigenvalue weighted by molar-refractivity contribution is -0.114. The Hall–Kier alpha value is -2.80. The van der Waals surface area contributed by atoms with Gasteiger partial charge < -0.3 is 25.1 Å². The van der Waals surface area contributed by atoms with Crippen molar-refractivity contribution < 1.29 is 18.7 Å². The zero-order valence-corrected chi connectivity index (χ0v) is 14.5. The minimum atomic E-state index is -0.182. The second-order valence-corrected chi connectivity index (χ2v) is 6.83. The van der Waals surface area contributed by atoms with E-state index in [9.17, 15) is 9.59 Å². The molecule has 3 atom stereocenters. The topological polar surface area (TPSA) is 92.6 Å². The fraction of sp³-hybridized carbons (Fsp3) is 0.368. The number of furan rings is 1. The second kappa shape index (κ2) is 6.84. The maximum absolute atomic E-state index is 12.4. The van der Waals surface area contributed by atoms with E-state index in [1.165, 1.54) is 19.6 Å². The third kappa shape index (κ3) is 3.57. The summed E-state index contributed by atoms with van der Waals surface area (Å²) in [6, 6.07) is 9.65. The van der Waals surface area contributed by atoms with E-state index in [-0.39, 0.29) is 23.8 Å². The first-order chi connectivity index (χ1) is 12.6. The van der Waals surface area contributed by atoms with E-state index in [1.807, 2.05) is 0 Å². The number of benzene rings is 1. The number of nitrogens with one attached hydrogen (secondary N) is 3. The number of ether oxygens (including phenoxy) is 1. The van der Waals surface area contributed by atoms with Gasteiger partial charge in [0.05, 0.1) is 5.69 Å². The summed E-state index contributed by atoms with van der Waals surface area (Å²) in [5, 5.41) is 9.24. The van der Waals surface area contributed by atoms with Gasteiger partial charge in [-0.05, 0) is 43.5 Å². The van der Waals surface area contributed by atoms with Crippen molar-refractivity contribution in [1.29, 1.82) is 0 Å². The summed E-state index contributed by atoms with van der Waals surface area (Å²) < 4.78 is 10.8. The minimum absolute atomic E-state index is 0.0677. The Labute approximate surface area is 151 Å². The molecule has 26 heavy (non-hydrogen) atoms. The molecule has 136 valence electrons. The van der Waals surface area contributed by atoms with Gasteiger partial charge >= 0.3 is 0 Å². The molecule has 0 radical (unpaired) electrons. The summed E-state index contributed by atoms with van der Waals surface area (Å²) >= 11 is 0. The molecule has 2 aliphatic rings.